The molecule has 5 heteroatoms. The SMILES string of the molecule is Cc1ccc(Nc2c(N)cccc2C(N)=O)cc1N(C)C. The van der Waals surface area contributed by atoms with E-state index in [0.29, 0.717) is 16.9 Å². The van der Waals surface area contributed by atoms with E-state index in [9.17, 15) is 4.79 Å². The number of primary amides is 1. The lowest BCUT2D eigenvalue weighted by atomic mass is 10.1. The summed E-state index contributed by atoms with van der Waals surface area (Å²) in [6.07, 6.45) is 0. The average molecular weight is 284 g/mol. The zero-order valence-electron chi connectivity index (χ0n) is 12.5. The van der Waals surface area contributed by atoms with Gasteiger partial charge in [-0.2, -0.15) is 0 Å². The van der Waals surface area contributed by atoms with Crippen LogP contribution in [-0.2, 0) is 0 Å². The van der Waals surface area contributed by atoms with Crippen LogP contribution in [0, 0.1) is 6.92 Å². The number of carbonyl (C=O) groups is 1. The van der Waals surface area contributed by atoms with Gasteiger partial charge in [0.25, 0.3) is 5.91 Å². The summed E-state index contributed by atoms with van der Waals surface area (Å²) in [5, 5.41) is 3.19. The number of nitrogens with zero attached hydrogens (tertiary/aromatic N) is 1. The minimum Gasteiger partial charge on any atom is -0.397 e. The summed E-state index contributed by atoms with van der Waals surface area (Å²) in [4.78, 5) is 13.5. The van der Waals surface area contributed by atoms with Gasteiger partial charge in [-0.05, 0) is 36.8 Å². The standard InChI is InChI=1S/C16H20N4O/c1-10-7-8-11(9-14(10)20(2)3)19-15-12(16(18)21)5-4-6-13(15)17/h4-9,19H,17H2,1-3H3,(H2,18,21). The molecule has 0 unspecified atom stereocenters. The maximum Gasteiger partial charge on any atom is 0.250 e. The molecule has 0 radical (unpaired) electrons. The molecule has 0 aliphatic rings. The van der Waals surface area contributed by atoms with Gasteiger partial charge in [-0.15, -0.1) is 0 Å². The number of rotatable bonds is 4. The van der Waals surface area contributed by atoms with E-state index < -0.39 is 5.91 Å². The first-order valence-electron chi connectivity index (χ1n) is 6.63. The zero-order valence-corrected chi connectivity index (χ0v) is 12.5. The number of carbonyl (C=O) groups excluding carboxylic acids is 1. The van der Waals surface area contributed by atoms with E-state index in [-0.39, 0.29) is 0 Å². The number of nitrogens with one attached hydrogen (secondary N) is 1. The number of aryl methyl sites for hydroxylation is 1. The summed E-state index contributed by atoms with van der Waals surface area (Å²) in [6.45, 7) is 2.05. The van der Waals surface area contributed by atoms with Gasteiger partial charge in [0, 0.05) is 25.5 Å². The van der Waals surface area contributed by atoms with Crippen molar-refractivity contribution in [1.82, 2.24) is 0 Å². The van der Waals surface area contributed by atoms with Crippen LogP contribution in [0.5, 0.6) is 0 Å². The van der Waals surface area contributed by atoms with Crippen LogP contribution in [-0.4, -0.2) is 20.0 Å². The molecule has 0 bridgehead atoms. The van der Waals surface area contributed by atoms with E-state index in [1.54, 1.807) is 18.2 Å². The van der Waals surface area contributed by atoms with Gasteiger partial charge in [-0.25, -0.2) is 0 Å². The number of nitrogen functional groups attached to an aromatic ring is 1. The van der Waals surface area contributed by atoms with Crippen molar-refractivity contribution in [3.8, 4) is 0 Å². The molecule has 1 amide bonds. The Kier molecular flexibility index (Phi) is 4.03. The third kappa shape index (κ3) is 3.08. The first-order valence-corrected chi connectivity index (χ1v) is 6.63. The molecule has 0 aliphatic carbocycles. The fraction of sp³-hybridized carbons (Fsp3) is 0.188. The predicted molar refractivity (Wildman–Crippen MR) is 88.2 cm³/mol. The van der Waals surface area contributed by atoms with E-state index in [2.05, 4.69) is 5.32 Å². The Morgan fingerprint density at radius 2 is 1.90 bits per heavy atom. The first-order chi connectivity index (χ1) is 9.90. The zero-order chi connectivity index (χ0) is 15.6. The average Bonchev–Trinajstić information content (AvgIpc) is 2.42. The van der Waals surface area contributed by atoms with Crippen LogP contribution in [0.1, 0.15) is 15.9 Å². The van der Waals surface area contributed by atoms with Gasteiger partial charge < -0.3 is 21.7 Å². The summed E-state index contributed by atoms with van der Waals surface area (Å²) in [5.74, 6) is -0.509. The van der Waals surface area contributed by atoms with Crippen LogP contribution in [0.3, 0.4) is 0 Å². The van der Waals surface area contributed by atoms with Crippen molar-refractivity contribution in [2.24, 2.45) is 5.73 Å². The summed E-state index contributed by atoms with van der Waals surface area (Å²) in [6, 6.07) is 11.1. The lowest BCUT2D eigenvalue weighted by Gasteiger charge is -2.18. The van der Waals surface area contributed by atoms with Crippen LogP contribution in [0.4, 0.5) is 22.7 Å². The Bertz CT molecular complexity index is 680. The number of para-hydroxylation sites is 1. The molecule has 0 heterocycles. The van der Waals surface area contributed by atoms with Crippen LogP contribution >= 0.6 is 0 Å². The molecule has 0 aromatic heterocycles. The van der Waals surface area contributed by atoms with E-state index in [1.807, 2.05) is 44.1 Å². The molecule has 2 aromatic rings. The highest BCUT2D eigenvalue weighted by Crippen LogP contribution is 2.30. The summed E-state index contributed by atoms with van der Waals surface area (Å²) >= 11 is 0. The van der Waals surface area contributed by atoms with Crippen molar-refractivity contribution in [3.63, 3.8) is 0 Å². The van der Waals surface area contributed by atoms with Crippen LogP contribution in [0.15, 0.2) is 36.4 Å². The molecular formula is C16H20N4O. The Labute approximate surface area is 124 Å². The van der Waals surface area contributed by atoms with E-state index >= 15 is 0 Å². The molecule has 2 aromatic carbocycles. The second kappa shape index (κ2) is 5.75. The van der Waals surface area contributed by atoms with E-state index in [1.165, 1.54) is 5.56 Å². The van der Waals surface area contributed by atoms with Crippen molar-refractivity contribution >= 4 is 28.7 Å². The van der Waals surface area contributed by atoms with Gasteiger partial charge in [0.1, 0.15) is 0 Å². The van der Waals surface area contributed by atoms with Crippen LogP contribution in [0.25, 0.3) is 0 Å². The summed E-state index contributed by atoms with van der Waals surface area (Å²) < 4.78 is 0. The Balaban J connectivity index is 2.44. The van der Waals surface area contributed by atoms with Gasteiger partial charge in [-0.3, -0.25) is 4.79 Å². The summed E-state index contributed by atoms with van der Waals surface area (Å²) in [5.41, 5.74) is 15.9. The van der Waals surface area contributed by atoms with Crippen molar-refractivity contribution in [1.29, 1.82) is 0 Å². The van der Waals surface area contributed by atoms with Crippen molar-refractivity contribution in [3.05, 3.63) is 47.5 Å². The lowest BCUT2D eigenvalue weighted by Crippen LogP contribution is -2.14. The second-order valence-corrected chi connectivity index (χ2v) is 5.15. The quantitative estimate of drug-likeness (QED) is 0.753. The number of hydrogen-bond acceptors (Lipinski definition) is 4. The molecular weight excluding hydrogens is 264 g/mol. The van der Waals surface area contributed by atoms with Gasteiger partial charge >= 0.3 is 0 Å². The minimum atomic E-state index is -0.509. The van der Waals surface area contributed by atoms with Crippen molar-refractivity contribution < 1.29 is 4.79 Å². The molecule has 21 heavy (non-hydrogen) atoms. The maximum atomic E-state index is 11.5. The molecule has 0 spiro atoms. The molecule has 2 rings (SSSR count). The fourth-order valence-corrected chi connectivity index (χ4v) is 2.23. The lowest BCUT2D eigenvalue weighted by molar-refractivity contribution is 0.100. The van der Waals surface area contributed by atoms with Gasteiger partial charge in [0.2, 0.25) is 0 Å². The predicted octanol–water partition coefficient (Wildman–Crippen LogP) is 2.49. The second-order valence-electron chi connectivity index (χ2n) is 5.15. The number of hydrogen-bond donors (Lipinski definition) is 3. The molecule has 0 aliphatic heterocycles. The van der Waals surface area contributed by atoms with Crippen LogP contribution in [0.2, 0.25) is 0 Å². The van der Waals surface area contributed by atoms with Gasteiger partial charge in [0.05, 0.1) is 16.9 Å². The maximum absolute atomic E-state index is 11.5. The third-order valence-corrected chi connectivity index (χ3v) is 3.32. The third-order valence-electron chi connectivity index (χ3n) is 3.32. The van der Waals surface area contributed by atoms with Gasteiger partial charge in [-0.1, -0.05) is 12.1 Å². The topological polar surface area (TPSA) is 84.4 Å². The number of benzene rings is 2. The summed E-state index contributed by atoms with van der Waals surface area (Å²) in [7, 11) is 3.97. The molecule has 5 nitrogen and oxygen atoms in total. The largest absolute Gasteiger partial charge is 0.397 e. The molecule has 110 valence electrons. The first kappa shape index (κ1) is 14.7. The van der Waals surface area contributed by atoms with Crippen molar-refractivity contribution in [2.45, 2.75) is 6.92 Å². The fourth-order valence-electron chi connectivity index (χ4n) is 2.23. The Morgan fingerprint density at radius 3 is 2.52 bits per heavy atom. The smallest absolute Gasteiger partial charge is 0.250 e. The van der Waals surface area contributed by atoms with Gasteiger partial charge in [0.15, 0.2) is 0 Å². The number of anilines is 4. The Morgan fingerprint density at radius 1 is 1.19 bits per heavy atom. The monoisotopic (exact) mass is 284 g/mol. The number of nitrogens with two attached hydrogens (primary N) is 2. The Hall–Kier alpha value is -2.69. The highest BCUT2D eigenvalue weighted by Gasteiger charge is 2.12. The molecule has 0 saturated carbocycles. The van der Waals surface area contributed by atoms with Crippen molar-refractivity contribution in [2.75, 3.05) is 30.0 Å². The van der Waals surface area contributed by atoms with E-state index in [0.717, 1.165) is 11.4 Å². The highest BCUT2D eigenvalue weighted by molar-refractivity contribution is 6.02. The highest BCUT2D eigenvalue weighted by atomic mass is 16.1. The normalized spacial score (nSPS) is 10.2. The molecule has 0 atom stereocenters. The number of amides is 1. The molecule has 0 saturated heterocycles. The minimum absolute atomic E-state index is 0.377. The van der Waals surface area contributed by atoms with E-state index in [4.69, 9.17) is 11.5 Å². The van der Waals surface area contributed by atoms with Crippen LogP contribution < -0.4 is 21.7 Å². The molecule has 5 N–H and O–H groups in total. The molecule has 0 fully saturated rings.